The highest BCUT2D eigenvalue weighted by Crippen LogP contribution is 2.14. The Kier molecular flexibility index (Phi) is 18.1. The first kappa shape index (κ1) is 26.7. The maximum absolute atomic E-state index is 12.1. The summed E-state index contributed by atoms with van der Waals surface area (Å²) in [6.07, 6.45) is 20.8. The van der Waals surface area contributed by atoms with Crippen LogP contribution >= 0.6 is 0 Å². The van der Waals surface area contributed by atoms with Crippen molar-refractivity contribution in [2.75, 3.05) is 7.05 Å². The Morgan fingerprint density at radius 1 is 0.821 bits per heavy atom. The minimum atomic E-state index is -0.547. The van der Waals surface area contributed by atoms with Crippen molar-refractivity contribution >= 4 is 11.9 Å². The molecular formula is C24H45NO3. The fourth-order valence-corrected chi connectivity index (χ4v) is 3.32. The largest absolute Gasteiger partial charge is 0.439 e. The van der Waals surface area contributed by atoms with Gasteiger partial charge in [0.2, 0.25) is 5.91 Å². The Labute approximate surface area is 174 Å². The number of unbranched alkanes of at least 4 members (excludes halogenated alkanes) is 14. The third-order valence-electron chi connectivity index (χ3n) is 5.39. The predicted molar refractivity (Wildman–Crippen MR) is 118 cm³/mol. The smallest absolute Gasteiger partial charge is 0.332 e. The number of carbonyl (C=O) groups is 2. The van der Waals surface area contributed by atoms with Crippen molar-refractivity contribution < 1.29 is 14.3 Å². The second-order valence-electron chi connectivity index (χ2n) is 7.94. The number of esters is 1. The van der Waals surface area contributed by atoms with Gasteiger partial charge in [0, 0.05) is 19.5 Å². The predicted octanol–water partition coefficient (Wildman–Crippen LogP) is 6.78. The summed E-state index contributed by atoms with van der Waals surface area (Å²) in [4.78, 5) is 24.8. The number of rotatable bonds is 19. The molecule has 0 aromatic heterocycles. The zero-order valence-electron chi connectivity index (χ0n) is 18.8. The van der Waals surface area contributed by atoms with Crippen molar-refractivity contribution in [3.05, 3.63) is 12.7 Å². The number of ether oxygens (including phenoxy) is 1. The molecule has 0 saturated carbocycles. The van der Waals surface area contributed by atoms with Gasteiger partial charge in [0.1, 0.15) is 0 Å². The van der Waals surface area contributed by atoms with Gasteiger partial charge < -0.3 is 9.64 Å². The van der Waals surface area contributed by atoms with Gasteiger partial charge in [0.25, 0.3) is 0 Å². The molecule has 0 aliphatic rings. The Bertz CT molecular complexity index is 409. The van der Waals surface area contributed by atoms with Crippen LogP contribution in [0.3, 0.4) is 0 Å². The minimum absolute atomic E-state index is 0.0269. The van der Waals surface area contributed by atoms with E-state index < -0.39 is 12.2 Å². The molecule has 0 radical (unpaired) electrons. The third-order valence-corrected chi connectivity index (χ3v) is 5.39. The fourth-order valence-electron chi connectivity index (χ4n) is 3.32. The summed E-state index contributed by atoms with van der Waals surface area (Å²) in [7, 11) is 1.68. The molecule has 0 aromatic rings. The molecule has 0 aliphatic carbocycles. The highest BCUT2D eigenvalue weighted by molar-refractivity contribution is 5.82. The summed E-state index contributed by atoms with van der Waals surface area (Å²) >= 11 is 0. The topological polar surface area (TPSA) is 46.6 Å². The van der Waals surface area contributed by atoms with Gasteiger partial charge in [0.15, 0.2) is 6.23 Å². The molecule has 4 heteroatoms. The van der Waals surface area contributed by atoms with Gasteiger partial charge in [-0.1, -0.05) is 103 Å². The van der Waals surface area contributed by atoms with Crippen molar-refractivity contribution in [3.8, 4) is 0 Å². The molecule has 28 heavy (non-hydrogen) atoms. The summed E-state index contributed by atoms with van der Waals surface area (Å²) in [5.41, 5.74) is 0. The van der Waals surface area contributed by atoms with Crippen molar-refractivity contribution in [2.45, 2.75) is 123 Å². The van der Waals surface area contributed by atoms with Crippen LogP contribution in [0.1, 0.15) is 117 Å². The molecule has 0 aromatic carbocycles. The van der Waals surface area contributed by atoms with Gasteiger partial charge in [-0.05, 0) is 13.3 Å². The number of amides is 1. The van der Waals surface area contributed by atoms with E-state index in [0.717, 1.165) is 18.9 Å². The summed E-state index contributed by atoms with van der Waals surface area (Å²) in [6, 6.07) is 0. The van der Waals surface area contributed by atoms with Crippen LogP contribution in [0.15, 0.2) is 12.7 Å². The first-order valence-corrected chi connectivity index (χ1v) is 11.6. The van der Waals surface area contributed by atoms with E-state index in [2.05, 4.69) is 13.5 Å². The van der Waals surface area contributed by atoms with Gasteiger partial charge in [-0.25, -0.2) is 4.79 Å². The van der Waals surface area contributed by atoms with E-state index in [-0.39, 0.29) is 5.91 Å². The van der Waals surface area contributed by atoms with Crippen LogP contribution in [0.25, 0.3) is 0 Å². The quantitative estimate of drug-likeness (QED) is 0.105. The van der Waals surface area contributed by atoms with E-state index in [4.69, 9.17) is 4.74 Å². The molecule has 0 spiro atoms. The van der Waals surface area contributed by atoms with E-state index in [9.17, 15) is 9.59 Å². The van der Waals surface area contributed by atoms with Crippen molar-refractivity contribution in [2.24, 2.45) is 0 Å². The van der Waals surface area contributed by atoms with Gasteiger partial charge in [0.05, 0.1) is 0 Å². The molecule has 0 aliphatic heterocycles. The lowest BCUT2D eigenvalue weighted by Crippen LogP contribution is -2.37. The van der Waals surface area contributed by atoms with Gasteiger partial charge in [-0.15, -0.1) is 0 Å². The molecule has 0 fully saturated rings. The Balaban J connectivity index is 3.41. The molecule has 0 rings (SSSR count). The normalized spacial score (nSPS) is 11.8. The number of hydrogen-bond donors (Lipinski definition) is 0. The Morgan fingerprint density at radius 3 is 1.61 bits per heavy atom. The highest BCUT2D eigenvalue weighted by atomic mass is 16.6. The lowest BCUT2D eigenvalue weighted by atomic mass is 10.0. The van der Waals surface area contributed by atoms with Crippen LogP contribution in [0.5, 0.6) is 0 Å². The van der Waals surface area contributed by atoms with E-state index in [1.54, 1.807) is 14.0 Å². The zero-order valence-corrected chi connectivity index (χ0v) is 18.8. The molecule has 0 N–H and O–H groups in total. The van der Waals surface area contributed by atoms with Gasteiger partial charge >= 0.3 is 5.97 Å². The number of hydrogen-bond acceptors (Lipinski definition) is 3. The SMILES string of the molecule is C=CC(=O)OC(C)N(C)C(=O)CCCCCCCCCCCCCCCCC. The van der Waals surface area contributed by atoms with Crippen LogP contribution < -0.4 is 0 Å². The van der Waals surface area contributed by atoms with Crippen LogP contribution in [-0.2, 0) is 14.3 Å². The summed E-state index contributed by atoms with van der Waals surface area (Å²) < 4.78 is 5.06. The van der Waals surface area contributed by atoms with E-state index in [1.807, 2.05) is 0 Å². The molecule has 164 valence electrons. The Morgan fingerprint density at radius 2 is 1.21 bits per heavy atom. The third kappa shape index (κ3) is 15.7. The van der Waals surface area contributed by atoms with E-state index >= 15 is 0 Å². The van der Waals surface area contributed by atoms with E-state index in [1.165, 1.54) is 88.4 Å². The minimum Gasteiger partial charge on any atom is -0.439 e. The second kappa shape index (κ2) is 19.0. The van der Waals surface area contributed by atoms with Gasteiger partial charge in [-0.3, -0.25) is 4.79 Å². The molecule has 1 amide bonds. The van der Waals surface area contributed by atoms with Crippen molar-refractivity contribution in [1.82, 2.24) is 4.90 Å². The van der Waals surface area contributed by atoms with Gasteiger partial charge in [-0.2, -0.15) is 0 Å². The lowest BCUT2D eigenvalue weighted by molar-refractivity contribution is -0.156. The van der Waals surface area contributed by atoms with Crippen LogP contribution in [0, 0.1) is 0 Å². The fraction of sp³-hybridized carbons (Fsp3) is 0.833. The molecular weight excluding hydrogens is 350 g/mol. The number of nitrogens with zero attached hydrogens (tertiary/aromatic N) is 1. The molecule has 4 nitrogen and oxygen atoms in total. The molecule has 0 heterocycles. The zero-order chi connectivity index (χ0) is 21.0. The molecule has 0 bridgehead atoms. The Hall–Kier alpha value is -1.32. The van der Waals surface area contributed by atoms with Crippen LogP contribution in [-0.4, -0.2) is 30.1 Å². The summed E-state index contributed by atoms with van der Waals surface area (Å²) in [5.74, 6) is -0.474. The average molecular weight is 396 g/mol. The first-order valence-electron chi connectivity index (χ1n) is 11.6. The standard InChI is InChI=1S/C24H45NO3/c1-5-7-8-9-10-11-12-13-14-15-16-17-18-19-20-21-23(26)25(4)22(3)28-24(27)6-2/h6,22H,2,5,7-21H2,1,3-4H3. The second-order valence-corrected chi connectivity index (χ2v) is 7.94. The summed E-state index contributed by atoms with van der Waals surface area (Å²) in [6.45, 7) is 7.33. The maximum atomic E-state index is 12.1. The lowest BCUT2D eigenvalue weighted by Gasteiger charge is -2.24. The van der Waals surface area contributed by atoms with Crippen LogP contribution in [0.2, 0.25) is 0 Å². The maximum Gasteiger partial charge on any atom is 0.332 e. The first-order chi connectivity index (χ1) is 13.5. The van der Waals surface area contributed by atoms with Crippen molar-refractivity contribution in [3.63, 3.8) is 0 Å². The average Bonchev–Trinajstić information content (AvgIpc) is 2.69. The van der Waals surface area contributed by atoms with Crippen molar-refractivity contribution in [1.29, 1.82) is 0 Å². The molecule has 1 atom stereocenters. The number of carbonyl (C=O) groups excluding carboxylic acids is 2. The van der Waals surface area contributed by atoms with Crippen LogP contribution in [0.4, 0.5) is 0 Å². The molecule has 0 saturated heterocycles. The highest BCUT2D eigenvalue weighted by Gasteiger charge is 2.17. The monoisotopic (exact) mass is 395 g/mol. The van der Waals surface area contributed by atoms with E-state index in [0.29, 0.717) is 6.42 Å². The molecule has 1 unspecified atom stereocenters. The summed E-state index contributed by atoms with van der Waals surface area (Å²) in [5, 5.41) is 0.